The van der Waals surface area contributed by atoms with Crippen LogP contribution in [0.5, 0.6) is 0 Å². The fourth-order valence-electron chi connectivity index (χ4n) is 1.55. The molecule has 2 heterocycles. The van der Waals surface area contributed by atoms with E-state index in [1.807, 2.05) is 19.1 Å². The standard InChI is InChI=1S/C11H11N3O2.Na/c1-7-3-4-12-9(5-7)8-6-13-14(2)10(8)11(15)16;/h3-6H,1-2H3,(H,15,16);/q;+1/p-1. The van der Waals surface area contributed by atoms with Crippen LogP contribution in [0.3, 0.4) is 0 Å². The van der Waals surface area contributed by atoms with Crippen LogP contribution in [0.4, 0.5) is 0 Å². The average molecular weight is 239 g/mol. The monoisotopic (exact) mass is 239 g/mol. The van der Waals surface area contributed by atoms with Gasteiger partial charge in [0, 0.05) is 18.8 Å². The van der Waals surface area contributed by atoms with Gasteiger partial charge in [0.2, 0.25) is 0 Å². The summed E-state index contributed by atoms with van der Waals surface area (Å²) in [6.07, 6.45) is 3.11. The van der Waals surface area contributed by atoms with Gasteiger partial charge in [0.1, 0.15) is 0 Å². The normalized spacial score (nSPS) is 9.76. The number of aryl methyl sites for hydroxylation is 2. The Morgan fingerprint density at radius 3 is 2.76 bits per heavy atom. The van der Waals surface area contributed by atoms with E-state index in [1.165, 1.54) is 10.9 Å². The van der Waals surface area contributed by atoms with E-state index < -0.39 is 5.97 Å². The van der Waals surface area contributed by atoms with Crippen molar-refractivity contribution in [3.05, 3.63) is 35.8 Å². The second-order valence-electron chi connectivity index (χ2n) is 3.54. The zero-order valence-corrected chi connectivity index (χ0v) is 12.0. The minimum absolute atomic E-state index is 0. The van der Waals surface area contributed by atoms with Crippen LogP contribution in [-0.2, 0) is 7.05 Å². The largest absolute Gasteiger partial charge is 1.00 e. The van der Waals surface area contributed by atoms with Gasteiger partial charge in [0.25, 0.3) is 0 Å². The number of carbonyl (C=O) groups is 1. The first kappa shape index (κ1) is 13.9. The van der Waals surface area contributed by atoms with E-state index in [1.54, 1.807) is 13.2 Å². The molecule has 2 aromatic heterocycles. The summed E-state index contributed by atoms with van der Waals surface area (Å²) >= 11 is 0. The zero-order chi connectivity index (χ0) is 11.7. The Morgan fingerprint density at radius 1 is 1.47 bits per heavy atom. The molecule has 0 atom stereocenters. The molecule has 0 unspecified atom stereocenters. The SMILES string of the molecule is Cc1ccnc(-c2cnn(C)c2C(=O)[O-])c1.[Na+]. The smallest absolute Gasteiger partial charge is 0.543 e. The Hall–Kier alpha value is -1.17. The summed E-state index contributed by atoms with van der Waals surface area (Å²) in [5.41, 5.74) is 2.12. The molecule has 0 saturated carbocycles. The summed E-state index contributed by atoms with van der Waals surface area (Å²) in [6, 6.07) is 3.65. The Labute approximate surface area is 121 Å². The van der Waals surface area contributed by atoms with E-state index in [4.69, 9.17) is 0 Å². The number of hydrogen-bond acceptors (Lipinski definition) is 4. The van der Waals surface area contributed by atoms with Crippen molar-refractivity contribution in [1.82, 2.24) is 14.8 Å². The van der Waals surface area contributed by atoms with Crippen LogP contribution < -0.4 is 34.7 Å². The van der Waals surface area contributed by atoms with Crippen LogP contribution in [0, 0.1) is 6.92 Å². The number of carbonyl (C=O) groups excluding carboxylic acids is 1. The maximum atomic E-state index is 11.0. The molecule has 0 amide bonds. The first-order chi connectivity index (χ1) is 7.59. The number of aromatic carboxylic acids is 1. The summed E-state index contributed by atoms with van der Waals surface area (Å²) < 4.78 is 1.27. The quantitative estimate of drug-likeness (QED) is 0.529. The van der Waals surface area contributed by atoms with E-state index in [0.717, 1.165) is 5.56 Å². The van der Waals surface area contributed by atoms with E-state index in [-0.39, 0.29) is 35.3 Å². The molecule has 6 heteroatoms. The molecule has 0 fully saturated rings. The van der Waals surface area contributed by atoms with Crippen LogP contribution in [0.15, 0.2) is 24.5 Å². The second kappa shape index (κ2) is 5.44. The molecule has 0 aliphatic heterocycles. The van der Waals surface area contributed by atoms with Crippen molar-refractivity contribution in [2.75, 3.05) is 0 Å². The van der Waals surface area contributed by atoms with Crippen LogP contribution in [0.2, 0.25) is 0 Å². The molecule has 82 valence electrons. The average Bonchev–Trinajstić information content (AvgIpc) is 2.60. The van der Waals surface area contributed by atoms with Crippen molar-refractivity contribution in [2.45, 2.75) is 6.92 Å². The van der Waals surface area contributed by atoms with Gasteiger partial charge in [-0.05, 0) is 24.6 Å². The van der Waals surface area contributed by atoms with Gasteiger partial charge in [-0.25, -0.2) is 0 Å². The van der Waals surface area contributed by atoms with E-state index in [9.17, 15) is 9.90 Å². The molecule has 0 aliphatic carbocycles. The van der Waals surface area contributed by atoms with Crippen molar-refractivity contribution >= 4 is 5.97 Å². The number of rotatable bonds is 2. The van der Waals surface area contributed by atoms with E-state index in [2.05, 4.69) is 10.1 Å². The third kappa shape index (κ3) is 2.74. The summed E-state index contributed by atoms with van der Waals surface area (Å²) in [7, 11) is 1.56. The van der Waals surface area contributed by atoms with Gasteiger partial charge in [-0.3, -0.25) is 9.67 Å². The molecule has 0 aliphatic rings. The van der Waals surface area contributed by atoms with Crippen LogP contribution in [0.1, 0.15) is 16.1 Å². The maximum absolute atomic E-state index is 11.0. The molecule has 0 saturated heterocycles. The Morgan fingerprint density at radius 2 is 2.18 bits per heavy atom. The van der Waals surface area contributed by atoms with E-state index in [0.29, 0.717) is 11.3 Å². The molecule has 17 heavy (non-hydrogen) atoms. The molecule has 2 rings (SSSR count). The minimum Gasteiger partial charge on any atom is -0.543 e. The van der Waals surface area contributed by atoms with Crippen LogP contribution >= 0.6 is 0 Å². The van der Waals surface area contributed by atoms with Gasteiger partial charge in [-0.2, -0.15) is 5.10 Å². The number of carboxylic acid groups (broad SMARTS) is 1. The minimum atomic E-state index is -1.25. The predicted molar refractivity (Wildman–Crippen MR) is 55.5 cm³/mol. The van der Waals surface area contributed by atoms with Crippen molar-refractivity contribution in [3.8, 4) is 11.3 Å². The number of aromatic nitrogens is 3. The molecular weight excluding hydrogens is 229 g/mol. The number of hydrogen-bond donors (Lipinski definition) is 0. The predicted octanol–water partition coefficient (Wildman–Crippen LogP) is -2.84. The maximum Gasteiger partial charge on any atom is 1.00 e. The molecular formula is C11H10N3NaO2. The third-order valence-corrected chi connectivity index (χ3v) is 2.32. The van der Waals surface area contributed by atoms with Gasteiger partial charge in [0.15, 0.2) is 0 Å². The number of carboxylic acids is 1. The summed E-state index contributed by atoms with van der Waals surface area (Å²) in [5.74, 6) is -1.25. The molecule has 0 aromatic carbocycles. The first-order valence-corrected chi connectivity index (χ1v) is 4.76. The summed E-state index contributed by atoms with van der Waals surface area (Å²) in [5, 5.41) is 14.9. The molecule has 0 N–H and O–H groups in total. The van der Waals surface area contributed by atoms with Crippen molar-refractivity contribution in [2.24, 2.45) is 7.05 Å². The van der Waals surface area contributed by atoms with Gasteiger partial charge in [-0.15, -0.1) is 0 Å². The Balaban J connectivity index is 0.00000144. The fraction of sp³-hybridized carbons (Fsp3) is 0.182. The van der Waals surface area contributed by atoms with Crippen molar-refractivity contribution in [1.29, 1.82) is 0 Å². The van der Waals surface area contributed by atoms with E-state index >= 15 is 0 Å². The van der Waals surface area contributed by atoms with Crippen molar-refractivity contribution in [3.63, 3.8) is 0 Å². The topological polar surface area (TPSA) is 70.8 Å². The molecule has 0 spiro atoms. The van der Waals surface area contributed by atoms with Gasteiger partial charge in [-0.1, -0.05) is 0 Å². The van der Waals surface area contributed by atoms with Crippen LogP contribution in [-0.4, -0.2) is 20.7 Å². The number of nitrogens with zero attached hydrogens (tertiary/aromatic N) is 3. The van der Waals surface area contributed by atoms with Gasteiger partial charge < -0.3 is 9.90 Å². The second-order valence-corrected chi connectivity index (χ2v) is 3.54. The Kier molecular flexibility index (Phi) is 4.45. The molecule has 0 bridgehead atoms. The van der Waals surface area contributed by atoms with Crippen LogP contribution in [0.25, 0.3) is 11.3 Å². The zero-order valence-electron chi connectivity index (χ0n) is 9.97. The van der Waals surface area contributed by atoms with Gasteiger partial charge >= 0.3 is 29.6 Å². The summed E-state index contributed by atoms with van der Waals surface area (Å²) in [4.78, 5) is 15.1. The molecule has 0 radical (unpaired) electrons. The van der Waals surface area contributed by atoms with Gasteiger partial charge in [0.05, 0.1) is 23.6 Å². The number of pyridine rings is 1. The summed E-state index contributed by atoms with van der Waals surface area (Å²) in [6.45, 7) is 1.92. The third-order valence-electron chi connectivity index (χ3n) is 2.32. The molecule has 5 nitrogen and oxygen atoms in total. The molecule has 2 aromatic rings. The Bertz CT molecular complexity index is 551. The van der Waals surface area contributed by atoms with Crippen molar-refractivity contribution < 1.29 is 39.5 Å². The fourth-order valence-corrected chi connectivity index (χ4v) is 1.55. The first-order valence-electron chi connectivity index (χ1n) is 4.76.